The van der Waals surface area contributed by atoms with Crippen molar-refractivity contribution < 1.29 is 14.7 Å². The van der Waals surface area contributed by atoms with Crippen LogP contribution in [0, 0.1) is 17.3 Å². The fourth-order valence-corrected chi connectivity index (χ4v) is 2.86. The molecular formula is C16H22N2O3. The van der Waals surface area contributed by atoms with Crippen molar-refractivity contribution in [3.63, 3.8) is 0 Å². The number of anilines is 1. The van der Waals surface area contributed by atoms with Crippen LogP contribution in [0.25, 0.3) is 0 Å². The SMILES string of the molecule is CN(CCNC(=O)C1C(C(=O)O)C1(C)C)c1ccccc1. The van der Waals surface area contributed by atoms with Gasteiger partial charge in [0.05, 0.1) is 11.8 Å². The van der Waals surface area contributed by atoms with Crippen LogP contribution in [0.2, 0.25) is 0 Å². The van der Waals surface area contributed by atoms with E-state index in [0.717, 1.165) is 5.69 Å². The van der Waals surface area contributed by atoms with E-state index < -0.39 is 23.2 Å². The number of aliphatic carboxylic acids is 1. The Morgan fingerprint density at radius 3 is 2.38 bits per heavy atom. The van der Waals surface area contributed by atoms with Gasteiger partial charge in [-0.2, -0.15) is 0 Å². The summed E-state index contributed by atoms with van der Waals surface area (Å²) >= 11 is 0. The van der Waals surface area contributed by atoms with Gasteiger partial charge in [-0.1, -0.05) is 32.0 Å². The second-order valence-corrected chi connectivity index (χ2v) is 6.16. The van der Waals surface area contributed by atoms with Crippen LogP contribution >= 0.6 is 0 Å². The molecule has 21 heavy (non-hydrogen) atoms. The Morgan fingerprint density at radius 1 is 1.24 bits per heavy atom. The predicted octanol–water partition coefficient (Wildman–Crippen LogP) is 1.60. The minimum absolute atomic E-state index is 0.158. The monoisotopic (exact) mass is 290 g/mol. The lowest BCUT2D eigenvalue weighted by molar-refractivity contribution is -0.140. The molecule has 0 spiro atoms. The van der Waals surface area contributed by atoms with Crippen molar-refractivity contribution in [3.8, 4) is 0 Å². The third kappa shape index (κ3) is 3.17. The van der Waals surface area contributed by atoms with Crippen LogP contribution in [0.5, 0.6) is 0 Å². The highest BCUT2D eigenvalue weighted by Crippen LogP contribution is 2.58. The summed E-state index contributed by atoms with van der Waals surface area (Å²) in [4.78, 5) is 25.2. The maximum Gasteiger partial charge on any atom is 0.307 e. The third-order valence-corrected chi connectivity index (χ3v) is 4.32. The number of likely N-dealkylation sites (N-methyl/N-ethyl adjacent to an activating group) is 1. The van der Waals surface area contributed by atoms with E-state index >= 15 is 0 Å². The maximum atomic E-state index is 12.1. The lowest BCUT2D eigenvalue weighted by Gasteiger charge is -2.19. The molecule has 0 aliphatic heterocycles. The van der Waals surface area contributed by atoms with Gasteiger partial charge in [-0.15, -0.1) is 0 Å². The fraction of sp³-hybridized carbons (Fsp3) is 0.500. The molecule has 1 aliphatic rings. The molecule has 1 aromatic carbocycles. The summed E-state index contributed by atoms with van der Waals surface area (Å²) in [5.41, 5.74) is 0.642. The average molecular weight is 290 g/mol. The normalized spacial score (nSPS) is 22.4. The molecule has 1 fully saturated rings. The minimum atomic E-state index is -0.887. The van der Waals surface area contributed by atoms with Gasteiger partial charge in [-0.3, -0.25) is 9.59 Å². The van der Waals surface area contributed by atoms with E-state index in [9.17, 15) is 9.59 Å². The summed E-state index contributed by atoms with van der Waals surface area (Å²) in [6.07, 6.45) is 0. The zero-order chi connectivity index (χ0) is 15.6. The molecule has 0 bridgehead atoms. The van der Waals surface area contributed by atoms with Gasteiger partial charge >= 0.3 is 5.97 Å². The molecule has 0 heterocycles. The Labute approximate surface area is 125 Å². The van der Waals surface area contributed by atoms with Crippen LogP contribution in [-0.2, 0) is 9.59 Å². The number of carboxylic acid groups (broad SMARTS) is 1. The van der Waals surface area contributed by atoms with Gasteiger partial charge in [0.1, 0.15) is 0 Å². The van der Waals surface area contributed by atoms with Crippen LogP contribution in [0.4, 0.5) is 5.69 Å². The number of amides is 1. The van der Waals surface area contributed by atoms with Crippen LogP contribution in [0.15, 0.2) is 30.3 Å². The Balaban J connectivity index is 1.79. The molecule has 1 saturated carbocycles. The van der Waals surface area contributed by atoms with Crippen molar-refractivity contribution in [1.82, 2.24) is 5.32 Å². The Morgan fingerprint density at radius 2 is 1.86 bits per heavy atom. The van der Waals surface area contributed by atoms with Crippen LogP contribution in [-0.4, -0.2) is 37.1 Å². The molecule has 114 valence electrons. The van der Waals surface area contributed by atoms with Gasteiger partial charge in [-0.25, -0.2) is 0 Å². The van der Waals surface area contributed by atoms with E-state index in [4.69, 9.17) is 5.11 Å². The highest BCUT2D eigenvalue weighted by Gasteiger charge is 2.65. The van der Waals surface area contributed by atoms with Gasteiger partial charge in [0.2, 0.25) is 5.91 Å². The number of benzene rings is 1. The average Bonchev–Trinajstić information content (AvgIpc) is 3.02. The number of nitrogens with zero attached hydrogens (tertiary/aromatic N) is 1. The molecule has 1 aliphatic carbocycles. The Bertz CT molecular complexity index is 528. The molecule has 2 rings (SSSR count). The van der Waals surface area contributed by atoms with Gasteiger partial charge in [0.25, 0.3) is 0 Å². The highest BCUT2D eigenvalue weighted by atomic mass is 16.4. The first-order valence-electron chi connectivity index (χ1n) is 7.12. The number of hydrogen-bond acceptors (Lipinski definition) is 3. The van der Waals surface area contributed by atoms with Crippen molar-refractivity contribution in [3.05, 3.63) is 30.3 Å². The molecule has 5 heteroatoms. The topological polar surface area (TPSA) is 69.6 Å². The Hall–Kier alpha value is -2.04. The van der Waals surface area contributed by atoms with E-state index in [2.05, 4.69) is 5.32 Å². The number of carboxylic acids is 1. The number of hydrogen-bond donors (Lipinski definition) is 2. The molecular weight excluding hydrogens is 268 g/mol. The number of rotatable bonds is 6. The summed E-state index contributed by atoms with van der Waals surface area (Å²) in [5.74, 6) is -2.03. The zero-order valence-electron chi connectivity index (χ0n) is 12.7. The number of para-hydroxylation sites is 1. The van der Waals surface area contributed by atoms with E-state index in [1.165, 1.54) is 0 Å². The second-order valence-electron chi connectivity index (χ2n) is 6.16. The third-order valence-electron chi connectivity index (χ3n) is 4.32. The lowest BCUT2D eigenvalue weighted by Crippen LogP contribution is -2.34. The van der Waals surface area contributed by atoms with E-state index in [0.29, 0.717) is 13.1 Å². The van der Waals surface area contributed by atoms with Crippen LogP contribution < -0.4 is 10.2 Å². The largest absolute Gasteiger partial charge is 0.481 e. The molecule has 2 atom stereocenters. The first kappa shape index (κ1) is 15.4. The standard InChI is InChI=1S/C16H22N2O3/c1-16(2)12(13(16)15(20)21)14(19)17-9-10-18(3)11-7-5-4-6-8-11/h4-8,12-13H,9-10H2,1-3H3,(H,17,19)(H,20,21). The molecule has 5 nitrogen and oxygen atoms in total. The molecule has 0 radical (unpaired) electrons. The fourth-order valence-electron chi connectivity index (χ4n) is 2.86. The highest BCUT2D eigenvalue weighted by molar-refractivity contribution is 5.91. The van der Waals surface area contributed by atoms with E-state index in [-0.39, 0.29) is 5.91 Å². The molecule has 0 aromatic heterocycles. The molecule has 0 saturated heterocycles. The molecule has 2 unspecified atom stereocenters. The Kier molecular flexibility index (Phi) is 4.21. The van der Waals surface area contributed by atoms with Crippen molar-refractivity contribution in [1.29, 1.82) is 0 Å². The van der Waals surface area contributed by atoms with Crippen LogP contribution in [0.3, 0.4) is 0 Å². The van der Waals surface area contributed by atoms with E-state index in [1.54, 1.807) is 0 Å². The van der Waals surface area contributed by atoms with Gasteiger partial charge in [0, 0.05) is 25.8 Å². The first-order valence-corrected chi connectivity index (χ1v) is 7.12. The van der Waals surface area contributed by atoms with Gasteiger partial charge < -0.3 is 15.3 Å². The summed E-state index contributed by atoms with van der Waals surface area (Å²) < 4.78 is 0. The van der Waals surface area contributed by atoms with Crippen molar-refractivity contribution in [2.75, 3.05) is 25.0 Å². The zero-order valence-corrected chi connectivity index (χ0v) is 12.7. The van der Waals surface area contributed by atoms with Crippen molar-refractivity contribution in [2.45, 2.75) is 13.8 Å². The van der Waals surface area contributed by atoms with Gasteiger partial charge in [-0.05, 0) is 17.5 Å². The molecule has 2 N–H and O–H groups in total. The van der Waals surface area contributed by atoms with Crippen molar-refractivity contribution >= 4 is 17.6 Å². The summed E-state index contributed by atoms with van der Waals surface area (Å²) in [5, 5.41) is 11.9. The summed E-state index contributed by atoms with van der Waals surface area (Å²) in [6.45, 7) is 4.84. The molecule has 1 aromatic rings. The molecule has 1 amide bonds. The first-order chi connectivity index (χ1) is 9.85. The quantitative estimate of drug-likeness (QED) is 0.835. The summed E-state index contributed by atoms with van der Waals surface area (Å²) in [7, 11) is 1.96. The van der Waals surface area contributed by atoms with Crippen molar-refractivity contribution in [2.24, 2.45) is 17.3 Å². The second kappa shape index (κ2) is 5.76. The smallest absolute Gasteiger partial charge is 0.307 e. The minimum Gasteiger partial charge on any atom is -0.481 e. The predicted molar refractivity (Wildman–Crippen MR) is 81.1 cm³/mol. The van der Waals surface area contributed by atoms with E-state index in [1.807, 2.05) is 56.1 Å². The number of carbonyl (C=O) groups is 2. The number of nitrogens with one attached hydrogen (secondary N) is 1. The van der Waals surface area contributed by atoms with Gasteiger partial charge in [0.15, 0.2) is 0 Å². The summed E-state index contributed by atoms with van der Waals surface area (Å²) in [6, 6.07) is 9.90. The lowest BCUT2D eigenvalue weighted by atomic mass is 10.1. The van der Waals surface area contributed by atoms with Crippen LogP contribution in [0.1, 0.15) is 13.8 Å². The number of carbonyl (C=O) groups excluding carboxylic acids is 1. The maximum absolute atomic E-state index is 12.1.